The molecule has 8 fully saturated rings. The van der Waals surface area contributed by atoms with E-state index in [1.807, 2.05) is 62.4 Å². The fourth-order valence-corrected chi connectivity index (χ4v) is 23.5. The van der Waals surface area contributed by atoms with Gasteiger partial charge in [0.1, 0.15) is 66.1 Å². The Morgan fingerprint density at radius 2 is 0.648 bits per heavy atom. The van der Waals surface area contributed by atoms with Crippen molar-refractivity contribution in [1.29, 1.82) is 0 Å². The van der Waals surface area contributed by atoms with Crippen LogP contribution in [0.25, 0.3) is 0 Å². The predicted octanol–water partition coefficient (Wildman–Crippen LogP) is 13.6. The van der Waals surface area contributed by atoms with Crippen LogP contribution in [0.3, 0.4) is 0 Å². The van der Waals surface area contributed by atoms with Crippen LogP contribution in [0.1, 0.15) is 197 Å². The van der Waals surface area contributed by atoms with Crippen molar-refractivity contribution in [2.75, 3.05) is 156 Å². The molecule has 20 rings (SSSR count). The lowest BCUT2D eigenvalue weighted by Crippen LogP contribution is -2.35. The summed E-state index contributed by atoms with van der Waals surface area (Å²) in [5, 5.41) is 33.2. The SMILES string of the molecule is C.C.Cc1ccc(C2CCN(c3nc4c(c(NC5(CO)CC5)n3)S(=O)CC4)CC2)c(F)c1.Cc1ccc(C2CCN(c3nc4c(c(NC5CCOCC5)n3)S(=O)CC4)CC2)c(F)c1.O=S1CCc2nc(N3CCC(c4ccccc4F)CC3)nc(NC3(CO)CC3)c21.O=S1CCc2nc(N3CCC(c4ccccc4F)CC3)nc(NC3CCOCC3)c21. The molecule has 0 amide bonds. The van der Waals surface area contributed by atoms with Gasteiger partial charge in [0.05, 0.1) is 90.3 Å². The van der Waals surface area contributed by atoms with Gasteiger partial charge in [-0.3, -0.25) is 16.8 Å². The standard InChI is InChI=1S/C23H29FN4O2S.2C22H27FN4O2S.C21H25FN4O2S.2CH4/c1-15-2-3-18(19(24)14-15)16-4-9-28(10-5-16)23-26-20-8-13-31(29)21(20)22(27-23)25-17-6-11-30-12-7-17;1-14-2-3-16(17(23)12-14)15-4-9-27(10-5-15)21-24-18-6-11-30(29)19(18)20(25-21)26-22(13-28)7-8-22;23-18-4-2-1-3-17(18)15-5-10-27(11-6-15)22-25-19-9-14-30(28)20(19)21(26-22)24-16-7-12-29-13-8-16;22-16-4-2-1-3-15(16)14-5-10-26(11-6-14)20-23-17-7-12-29(28)18(17)19(24-20)25-21(13-27)8-9-21;;/h2-3,14,16-17H,4-13H2,1H3,(H,25,26,27);2-3,12,15,28H,4-11,13H2,1H3,(H,24,25,26);1-4,15-16H,5-14H2,(H,24,25,26);1-4,14,27H,5-13H2,(H,23,24,25);2*1H4. The summed E-state index contributed by atoms with van der Waals surface area (Å²) in [7, 11) is -4.27. The van der Waals surface area contributed by atoms with Crippen LogP contribution in [0, 0.1) is 37.1 Å². The fraction of sp³-hybridized carbons (Fsp3) is 0.556. The highest BCUT2D eigenvalue weighted by Crippen LogP contribution is 2.45. The highest BCUT2D eigenvalue weighted by atomic mass is 32.2. The molecule has 14 heterocycles. The van der Waals surface area contributed by atoms with E-state index in [1.165, 1.54) is 6.07 Å². The molecule has 0 radical (unpaired) electrons. The number of aryl methyl sites for hydroxylation is 6. The Morgan fingerprint density at radius 1 is 0.377 bits per heavy atom. The van der Waals surface area contributed by atoms with Crippen molar-refractivity contribution >= 4 is 90.3 Å². The van der Waals surface area contributed by atoms with Gasteiger partial charge in [-0.15, -0.1) is 0 Å². The Morgan fingerprint density at radius 3 is 0.918 bits per heavy atom. The highest BCUT2D eigenvalue weighted by molar-refractivity contribution is 7.86. The summed E-state index contributed by atoms with van der Waals surface area (Å²) in [6, 6.07) is 25.7. The van der Waals surface area contributed by atoms with Crippen LogP contribution in [0.2, 0.25) is 0 Å². The topological polar surface area (TPSA) is 291 Å². The van der Waals surface area contributed by atoms with Crippen LogP contribution in [0.5, 0.6) is 0 Å². The Hall–Kier alpha value is -8.24. The lowest BCUT2D eigenvalue weighted by atomic mass is 9.88. The number of nitrogens with one attached hydrogen (secondary N) is 4. The second kappa shape index (κ2) is 39.1. The first-order valence-electron chi connectivity index (χ1n) is 43.0. The van der Waals surface area contributed by atoms with Crippen LogP contribution < -0.4 is 40.9 Å². The molecule has 2 saturated carbocycles. The summed E-state index contributed by atoms with van der Waals surface area (Å²) >= 11 is 0. The molecule has 6 saturated heterocycles. The summed E-state index contributed by atoms with van der Waals surface area (Å²) < 4.78 is 118. The third-order valence-corrected chi connectivity index (χ3v) is 31.7. The van der Waals surface area contributed by atoms with Crippen LogP contribution in [-0.2, 0) is 78.4 Å². The number of anilines is 8. The average molecular weight is 1750 g/mol. The maximum absolute atomic E-state index is 14.4. The van der Waals surface area contributed by atoms with E-state index in [2.05, 4.69) is 40.9 Å². The molecule has 4 atom stereocenters. The van der Waals surface area contributed by atoms with Gasteiger partial charge in [-0.05, 0) is 198 Å². The molecular weight excluding hydrogens is 1640 g/mol. The average Bonchev–Trinajstić information content (AvgIpc) is 1.59. The summed E-state index contributed by atoms with van der Waals surface area (Å²) in [6.07, 6.45) is 16.9. The van der Waals surface area contributed by atoms with Crippen molar-refractivity contribution in [3.05, 3.63) is 164 Å². The molecule has 4 aromatic heterocycles. The minimum absolute atomic E-state index is 0. The lowest BCUT2D eigenvalue weighted by molar-refractivity contribution is 0.0902. The number of aliphatic hydroxyl groups is 2. The van der Waals surface area contributed by atoms with Crippen molar-refractivity contribution in [1.82, 2.24) is 39.9 Å². The number of aliphatic hydroxyl groups excluding tert-OH is 2. The predicted molar refractivity (Wildman–Crippen MR) is 474 cm³/mol. The van der Waals surface area contributed by atoms with Gasteiger partial charge in [0.15, 0.2) is 0 Å². The van der Waals surface area contributed by atoms with Gasteiger partial charge in [-0.1, -0.05) is 75.5 Å². The van der Waals surface area contributed by atoms with Gasteiger partial charge >= 0.3 is 0 Å². The molecule has 10 aliphatic heterocycles. The second-order valence-corrected chi connectivity index (χ2v) is 40.1. The number of rotatable bonds is 18. The number of piperidine rings is 4. The zero-order valence-corrected chi connectivity index (χ0v) is 71.5. The molecule has 656 valence electrons. The van der Waals surface area contributed by atoms with Crippen LogP contribution in [0.15, 0.2) is 105 Å². The number of benzene rings is 4. The Kier molecular flexibility index (Phi) is 28.4. The zero-order valence-electron chi connectivity index (χ0n) is 68.3. The smallest absolute Gasteiger partial charge is 0.227 e. The summed E-state index contributed by atoms with van der Waals surface area (Å²) in [6.45, 7) is 13.0. The van der Waals surface area contributed by atoms with E-state index in [9.17, 15) is 44.6 Å². The summed E-state index contributed by atoms with van der Waals surface area (Å²) in [5.41, 5.74) is 7.95. The molecule has 6 N–H and O–H groups in total. The number of ether oxygens (including phenoxy) is 2. The Bertz CT molecular complexity index is 5150. The van der Waals surface area contributed by atoms with E-state index in [4.69, 9.17) is 49.3 Å². The molecule has 122 heavy (non-hydrogen) atoms. The van der Waals surface area contributed by atoms with Crippen molar-refractivity contribution in [3.8, 4) is 0 Å². The number of nitrogens with zero attached hydrogens (tertiary/aromatic N) is 12. The first-order chi connectivity index (χ1) is 58.3. The Labute approximate surface area is 723 Å². The summed E-state index contributed by atoms with van der Waals surface area (Å²) in [4.78, 5) is 49.8. The maximum atomic E-state index is 14.4. The third-order valence-electron chi connectivity index (χ3n) is 25.9. The zero-order chi connectivity index (χ0) is 82.8. The van der Waals surface area contributed by atoms with Gasteiger partial charge in [-0.2, -0.15) is 19.9 Å². The van der Waals surface area contributed by atoms with E-state index >= 15 is 0 Å². The lowest BCUT2D eigenvalue weighted by Gasteiger charge is -2.33. The third kappa shape index (κ3) is 20.0. The van der Waals surface area contributed by atoms with Gasteiger partial charge in [0, 0.05) is 140 Å². The van der Waals surface area contributed by atoms with E-state index in [-0.39, 0.29) is 98.2 Å². The van der Waals surface area contributed by atoms with Crippen molar-refractivity contribution in [2.45, 2.75) is 224 Å². The molecule has 4 unspecified atom stereocenters. The summed E-state index contributed by atoms with van der Waals surface area (Å²) in [5.74, 6) is 8.15. The first kappa shape index (κ1) is 88.6. The Balaban J connectivity index is 0.000000126. The van der Waals surface area contributed by atoms with Crippen LogP contribution in [0.4, 0.5) is 64.6 Å². The van der Waals surface area contributed by atoms with Crippen LogP contribution in [-0.4, -0.2) is 205 Å². The number of aromatic nitrogens is 8. The molecule has 0 spiro atoms. The van der Waals surface area contributed by atoms with E-state index < -0.39 is 43.2 Å². The van der Waals surface area contributed by atoms with Gasteiger partial charge < -0.3 is 60.6 Å². The largest absolute Gasteiger partial charge is 0.394 e. The molecule has 0 bridgehead atoms. The second-order valence-electron chi connectivity index (χ2n) is 34.1. The van der Waals surface area contributed by atoms with Gasteiger partial charge in [-0.25, -0.2) is 37.5 Å². The molecule has 8 aromatic rings. The number of hydrogen-bond donors (Lipinski definition) is 6. The van der Waals surface area contributed by atoms with Crippen molar-refractivity contribution < 1.29 is 54.1 Å². The molecule has 2 aliphatic carbocycles. The maximum Gasteiger partial charge on any atom is 0.227 e. The number of halogens is 4. The normalized spacial score (nSPS) is 22.4. The van der Waals surface area contributed by atoms with E-state index in [0.29, 0.717) is 81.1 Å². The van der Waals surface area contributed by atoms with Crippen LogP contribution >= 0.6 is 0 Å². The minimum Gasteiger partial charge on any atom is -0.394 e. The van der Waals surface area contributed by atoms with Crippen molar-refractivity contribution in [3.63, 3.8) is 0 Å². The number of hydrogen-bond acceptors (Lipinski definition) is 24. The fourth-order valence-electron chi connectivity index (χ4n) is 18.3. The molecule has 32 heteroatoms. The highest BCUT2D eigenvalue weighted by Gasteiger charge is 2.46. The molecular formula is C90H116F4N16O8S4. The van der Waals surface area contributed by atoms with Gasteiger partial charge in [0.25, 0.3) is 0 Å². The van der Waals surface area contributed by atoms with Gasteiger partial charge in [0.2, 0.25) is 23.8 Å². The van der Waals surface area contributed by atoms with E-state index in [1.54, 1.807) is 30.3 Å². The first-order valence-corrected chi connectivity index (χ1v) is 48.3. The molecule has 24 nitrogen and oxygen atoms in total. The molecule has 4 aromatic carbocycles. The molecule has 12 aliphatic rings. The number of fused-ring (bicyclic) bond motifs is 4. The van der Waals surface area contributed by atoms with Crippen molar-refractivity contribution in [2.24, 2.45) is 0 Å². The monoisotopic (exact) mass is 1750 g/mol. The minimum atomic E-state index is -1.10. The quantitative estimate of drug-likeness (QED) is 0.0435. The van der Waals surface area contributed by atoms with E-state index in [0.717, 1.165) is 272 Å².